The predicted molar refractivity (Wildman–Crippen MR) is 155 cm³/mol. The summed E-state index contributed by atoms with van der Waals surface area (Å²) in [7, 11) is 0. The molecule has 2 aromatic heterocycles. The Labute approximate surface area is 232 Å². The number of piperazine rings is 1. The van der Waals surface area contributed by atoms with Crippen LogP contribution < -0.4 is 0 Å². The molecule has 0 aliphatic carbocycles. The molecule has 6 rings (SSSR count). The Balaban J connectivity index is 1.30. The van der Waals surface area contributed by atoms with E-state index in [9.17, 15) is 14.9 Å². The van der Waals surface area contributed by atoms with E-state index in [4.69, 9.17) is 4.98 Å². The van der Waals surface area contributed by atoms with E-state index in [2.05, 4.69) is 33.7 Å². The highest BCUT2D eigenvalue weighted by Crippen LogP contribution is 2.30. The predicted octanol–water partition coefficient (Wildman–Crippen LogP) is 5.84. The van der Waals surface area contributed by atoms with Crippen LogP contribution in [0.1, 0.15) is 21.6 Å². The zero-order valence-corrected chi connectivity index (χ0v) is 22.2. The third-order valence-electron chi connectivity index (χ3n) is 7.51. The molecule has 1 aliphatic heterocycles. The molecule has 0 atom stereocenters. The SMILES string of the molecule is Cc1ccc(C(=O)N2CCN(Cc3c(-c4ccc([N+](=O)[O-])cc4)nc4ccc(-c5ccccc5)cn34)CC2)cc1. The molecule has 0 radical (unpaired) electrons. The molecule has 40 heavy (non-hydrogen) atoms. The van der Waals surface area contributed by atoms with Crippen molar-refractivity contribution < 1.29 is 9.72 Å². The van der Waals surface area contributed by atoms with Crippen LogP contribution >= 0.6 is 0 Å². The first-order valence-corrected chi connectivity index (χ1v) is 13.4. The van der Waals surface area contributed by atoms with E-state index in [1.54, 1.807) is 12.1 Å². The number of imidazole rings is 1. The first kappa shape index (κ1) is 25.5. The lowest BCUT2D eigenvalue weighted by atomic mass is 10.1. The van der Waals surface area contributed by atoms with Crippen LogP contribution in [0.25, 0.3) is 28.0 Å². The van der Waals surface area contributed by atoms with E-state index in [1.807, 2.05) is 60.4 Å². The number of aromatic nitrogens is 2. The van der Waals surface area contributed by atoms with E-state index < -0.39 is 4.92 Å². The van der Waals surface area contributed by atoms with E-state index in [0.29, 0.717) is 19.6 Å². The highest BCUT2D eigenvalue weighted by atomic mass is 16.6. The van der Waals surface area contributed by atoms with Crippen LogP contribution in [0.4, 0.5) is 5.69 Å². The number of aryl methyl sites for hydroxylation is 1. The Morgan fingerprint density at radius 2 is 1.50 bits per heavy atom. The minimum absolute atomic E-state index is 0.0507. The molecule has 0 saturated carbocycles. The van der Waals surface area contributed by atoms with Crippen LogP contribution in [0, 0.1) is 17.0 Å². The van der Waals surface area contributed by atoms with Crippen molar-refractivity contribution in [2.45, 2.75) is 13.5 Å². The Kier molecular flexibility index (Phi) is 6.84. The maximum absolute atomic E-state index is 13.0. The van der Waals surface area contributed by atoms with Gasteiger partial charge in [-0.1, -0.05) is 48.0 Å². The summed E-state index contributed by atoms with van der Waals surface area (Å²) in [6.45, 7) is 5.42. The lowest BCUT2D eigenvalue weighted by molar-refractivity contribution is -0.384. The minimum atomic E-state index is -0.391. The summed E-state index contributed by atoms with van der Waals surface area (Å²) in [5, 5.41) is 11.2. The summed E-state index contributed by atoms with van der Waals surface area (Å²) in [6.07, 6.45) is 2.11. The maximum atomic E-state index is 13.0. The quantitative estimate of drug-likeness (QED) is 0.203. The van der Waals surface area contributed by atoms with Gasteiger partial charge < -0.3 is 9.30 Å². The lowest BCUT2D eigenvalue weighted by Gasteiger charge is -2.34. The highest BCUT2D eigenvalue weighted by Gasteiger charge is 2.25. The number of rotatable bonds is 6. The van der Waals surface area contributed by atoms with Gasteiger partial charge in [0.15, 0.2) is 0 Å². The van der Waals surface area contributed by atoms with E-state index in [0.717, 1.165) is 57.9 Å². The first-order chi connectivity index (χ1) is 19.5. The summed E-state index contributed by atoms with van der Waals surface area (Å²) in [6, 6.07) is 28.6. The first-order valence-electron chi connectivity index (χ1n) is 13.4. The fourth-order valence-electron chi connectivity index (χ4n) is 5.22. The zero-order valence-electron chi connectivity index (χ0n) is 22.2. The number of hydrogen-bond acceptors (Lipinski definition) is 5. The second-order valence-corrected chi connectivity index (χ2v) is 10.2. The average Bonchev–Trinajstić information content (AvgIpc) is 3.35. The molecular formula is C32H29N5O3. The Bertz CT molecular complexity index is 1670. The topological polar surface area (TPSA) is 84.0 Å². The molecule has 0 N–H and O–H groups in total. The van der Waals surface area contributed by atoms with Gasteiger partial charge in [0.05, 0.1) is 16.3 Å². The van der Waals surface area contributed by atoms with Crippen LogP contribution in [0.2, 0.25) is 0 Å². The molecule has 3 aromatic carbocycles. The molecule has 5 aromatic rings. The van der Waals surface area contributed by atoms with Gasteiger partial charge in [0.25, 0.3) is 11.6 Å². The number of non-ortho nitro benzene ring substituents is 1. The number of fused-ring (bicyclic) bond motifs is 1. The highest BCUT2D eigenvalue weighted by molar-refractivity contribution is 5.94. The molecule has 8 nitrogen and oxygen atoms in total. The van der Waals surface area contributed by atoms with Crippen molar-refractivity contribution in [2.75, 3.05) is 26.2 Å². The van der Waals surface area contributed by atoms with E-state index >= 15 is 0 Å². The number of nitro benzene ring substituents is 1. The van der Waals surface area contributed by atoms with Gasteiger partial charge in [0, 0.05) is 62.2 Å². The van der Waals surface area contributed by atoms with Crippen molar-refractivity contribution in [3.63, 3.8) is 0 Å². The minimum Gasteiger partial charge on any atom is -0.336 e. The van der Waals surface area contributed by atoms with Crippen molar-refractivity contribution in [2.24, 2.45) is 0 Å². The summed E-state index contributed by atoms with van der Waals surface area (Å²) in [4.78, 5) is 33.1. The van der Waals surface area contributed by atoms with Gasteiger partial charge in [0.1, 0.15) is 5.65 Å². The van der Waals surface area contributed by atoms with Crippen LogP contribution in [0.15, 0.2) is 97.2 Å². The number of nitrogens with zero attached hydrogens (tertiary/aromatic N) is 5. The maximum Gasteiger partial charge on any atom is 0.269 e. The average molecular weight is 532 g/mol. The van der Waals surface area contributed by atoms with E-state index in [-0.39, 0.29) is 11.6 Å². The van der Waals surface area contributed by atoms with Crippen molar-refractivity contribution >= 4 is 17.2 Å². The van der Waals surface area contributed by atoms with Crippen molar-refractivity contribution in [3.05, 3.63) is 124 Å². The molecule has 0 unspecified atom stereocenters. The molecule has 200 valence electrons. The van der Waals surface area contributed by atoms with Gasteiger partial charge in [0.2, 0.25) is 0 Å². The molecule has 1 fully saturated rings. The number of nitro groups is 1. The van der Waals surface area contributed by atoms with Gasteiger partial charge in [-0.2, -0.15) is 0 Å². The molecule has 8 heteroatoms. The van der Waals surface area contributed by atoms with Gasteiger partial charge in [-0.3, -0.25) is 19.8 Å². The second-order valence-electron chi connectivity index (χ2n) is 10.2. The Hall–Kier alpha value is -4.82. The molecule has 1 aliphatic rings. The standard InChI is InChI=1S/C32H29N5O3/c1-23-7-9-26(10-8-23)32(38)35-19-17-34(18-20-35)22-29-31(25-11-14-28(15-12-25)37(39)40)33-30-16-13-27(21-36(29)30)24-5-3-2-4-6-24/h2-16,21H,17-20,22H2,1H3. The van der Waals surface area contributed by atoms with Crippen LogP contribution in [0.5, 0.6) is 0 Å². The monoisotopic (exact) mass is 531 g/mol. The molecular weight excluding hydrogens is 502 g/mol. The summed E-state index contributed by atoms with van der Waals surface area (Å²) < 4.78 is 2.13. The fraction of sp³-hybridized carbons (Fsp3) is 0.188. The van der Waals surface area contributed by atoms with Gasteiger partial charge >= 0.3 is 0 Å². The number of carbonyl (C=O) groups is 1. The lowest BCUT2D eigenvalue weighted by Crippen LogP contribution is -2.48. The third-order valence-corrected chi connectivity index (χ3v) is 7.51. The second kappa shape index (κ2) is 10.7. The zero-order chi connectivity index (χ0) is 27.6. The van der Waals surface area contributed by atoms with Crippen LogP contribution in [-0.4, -0.2) is 56.2 Å². The van der Waals surface area contributed by atoms with Gasteiger partial charge in [-0.05, 0) is 54.4 Å². The third kappa shape index (κ3) is 5.09. The van der Waals surface area contributed by atoms with Crippen molar-refractivity contribution in [3.8, 4) is 22.4 Å². The Morgan fingerprint density at radius 3 is 2.17 bits per heavy atom. The molecule has 3 heterocycles. The largest absolute Gasteiger partial charge is 0.336 e. The van der Waals surface area contributed by atoms with E-state index in [1.165, 1.54) is 12.1 Å². The molecule has 1 saturated heterocycles. The fourth-order valence-corrected chi connectivity index (χ4v) is 5.22. The van der Waals surface area contributed by atoms with Crippen LogP contribution in [-0.2, 0) is 6.54 Å². The molecule has 0 bridgehead atoms. The summed E-state index contributed by atoms with van der Waals surface area (Å²) in [5.74, 6) is 0.0634. The normalized spacial score (nSPS) is 14.0. The van der Waals surface area contributed by atoms with Crippen molar-refractivity contribution in [1.82, 2.24) is 19.2 Å². The number of hydrogen-bond donors (Lipinski definition) is 0. The number of pyridine rings is 1. The van der Waals surface area contributed by atoms with Gasteiger partial charge in [-0.15, -0.1) is 0 Å². The smallest absolute Gasteiger partial charge is 0.269 e. The number of benzene rings is 3. The summed E-state index contributed by atoms with van der Waals surface area (Å²) in [5.41, 5.74) is 7.56. The molecule has 0 spiro atoms. The summed E-state index contributed by atoms with van der Waals surface area (Å²) >= 11 is 0. The molecule has 1 amide bonds. The van der Waals surface area contributed by atoms with Crippen molar-refractivity contribution in [1.29, 1.82) is 0 Å². The van der Waals surface area contributed by atoms with Crippen LogP contribution in [0.3, 0.4) is 0 Å². The number of carbonyl (C=O) groups excluding carboxylic acids is 1. The Morgan fingerprint density at radius 1 is 0.825 bits per heavy atom. The van der Waals surface area contributed by atoms with Gasteiger partial charge in [-0.25, -0.2) is 4.98 Å². The number of amides is 1.